The zero-order chi connectivity index (χ0) is 13.7. The number of ether oxygens (including phenoxy) is 2. The highest BCUT2D eigenvalue weighted by Gasteiger charge is 2.02. The van der Waals surface area contributed by atoms with Crippen LogP contribution in [0.3, 0.4) is 0 Å². The molecule has 0 radical (unpaired) electrons. The van der Waals surface area contributed by atoms with Gasteiger partial charge in [0.05, 0.1) is 12.8 Å². The van der Waals surface area contributed by atoms with Gasteiger partial charge in [-0.2, -0.15) is 0 Å². The van der Waals surface area contributed by atoms with Crippen LogP contribution in [0.5, 0.6) is 11.5 Å². The lowest BCUT2D eigenvalue weighted by atomic mass is 10.2. The Morgan fingerprint density at radius 2 is 1.84 bits per heavy atom. The summed E-state index contributed by atoms with van der Waals surface area (Å²) in [5, 5.41) is 0. The van der Waals surface area contributed by atoms with Crippen molar-refractivity contribution in [1.82, 2.24) is 4.98 Å². The van der Waals surface area contributed by atoms with Crippen molar-refractivity contribution in [1.29, 1.82) is 0 Å². The molecular formula is C15H18N2O2. The second-order valence-electron chi connectivity index (χ2n) is 4.28. The molecule has 0 unspecified atom stereocenters. The highest BCUT2D eigenvalue weighted by atomic mass is 16.5. The highest BCUT2D eigenvalue weighted by Crippen LogP contribution is 2.17. The average molecular weight is 258 g/mol. The summed E-state index contributed by atoms with van der Waals surface area (Å²) in [6.07, 6.45) is 0. The van der Waals surface area contributed by atoms with Crippen LogP contribution in [0.15, 0.2) is 36.4 Å². The summed E-state index contributed by atoms with van der Waals surface area (Å²) in [7, 11) is 1.64. The van der Waals surface area contributed by atoms with E-state index in [9.17, 15) is 0 Å². The Balaban J connectivity index is 2.03. The van der Waals surface area contributed by atoms with Crippen LogP contribution in [0, 0.1) is 6.92 Å². The van der Waals surface area contributed by atoms with E-state index in [0.29, 0.717) is 13.2 Å². The molecule has 4 nitrogen and oxygen atoms in total. The number of nitrogens with zero attached hydrogens (tertiary/aromatic N) is 1. The van der Waals surface area contributed by atoms with E-state index in [-0.39, 0.29) is 0 Å². The first kappa shape index (κ1) is 13.4. The Labute approximate surface area is 113 Å². The predicted molar refractivity (Wildman–Crippen MR) is 74.2 cm³/mol. The SMILES string of the molecule is COc1cc(C)nc(COc2ccc(CN)cc2)c1. The van der Waals surface area contributed by atoms with Gasteiger partial charge in [-0.05, 0) is 24.6 Å². The van der Waals surface area contributed by atoms with Gasteiger partial charge < -0.3 is 15.2 Å². The van der Waals surface area contributed by atoms with Crippen molar-refractivity contribution in [2.45, 2.75) is 20.1 Å². The molecule has 0 saturated carbocycles. The monoisotopic (exact) mass is 258 g/mol. The fourth-order valence-corrected chi connectivity index (χ4v) is 1.77. The molecule has 0 saturated heterocycles. The Kier molecular flexibility index (Phi) is 4.36. The minimum Gasteiger partial charge on any atom is -0.497 e. The topological polar surface area (TPSA) is 57.4 Å². The van der Waals surface area contributed by atoms with E-state index in [0.717, 1.165) is 28.5 Å². The van der Waals surface area contributed by atoms with E-state index in [1.807, 2.05) is 43.3 Å². The van der Waals surface area contributed by atoms with Crippen LogP contribution >= 0.6 is 0 Å². The largest absolute Gasteiger partial charge is 0.497 e. The van der Waals surface area contributed by atoms with Crippen molar-refractivity contribution >= 4 is 0 Å². The third-order valence-corrected chi connectivity index (χ3v) is 2.76. The molecule has 0 aliphatic heterocycles. The predicted octanol–water partition coefficient (Wildman–Crippen LogP) is 2.44. The molecule has 19 heavy (non-hydrogen) atoms. The Morgan fingerprint density at radius 3 is 2.47 bits per heavy atom. The van der Waals surface area contributed by atoms with Crippen molar-refractivity contribution < 1.29 is 9.47 Å². The van der Waals surface area contributed by atoms with Gasteiger partial charge in [0.2, 0.25) is 0 Å². The second-order valence-corrected chi connectivity index (χ2v) is 4.28. The van der Waals surface area contributed by atoms with Crippen LogP contribution in [0.1, 0.15) is 17.0 Å². The summed E-state index contributed by atoms with van der Waals surface area (Å²) in [5.74, 6) is 1.60. The van der Waals surface area contributed by atoms with Gasteiger partial charge >= 0.3 is 0 Å². The van der Waals surface area contributed by atoms with Crippen LogP contribution in [0.2, 0.25) is 0 Å². The number of methoxy groups -OCH3 is 1. The molecule has 2 rings (SSSR count). The normalized spacial score (nSPS) is 10.3. The zero-order valence-electron chi connectivity index (χ0n) is 11.2. The molecule has 1 aromatic heterocycles. The molecular weight excluding hydrogens is 240 g/mol. The first-order chi connectivity index (χ1) is 9.21. The van der Waals surface area contributed by atoms with Crippen LogP contribution in [-0.2, 0) is 13.2 Å². The number of nitrogens with two attached hydrogens (primary N) is 1. The first-order valence-electron chi connectivity index (χ1n) is 6.14. The van der Waals surface area contributed by atoms with E-state index in [2.05, 4.69) is 4.98 Å². The number of aryl methyl sites for hydroxylation is 1. The van der Waals surface area contributed by atoms with Crippen molar-refractivity contribution in [3.63, 3.8) is 0 Å². The van der Waals surface area contributed by atoms with Crippen molar-refractivity contribution in [3.8, 4) is 11.5 Å². The van der Waals surface area contributed by atoms with Crippen molar-refractivity contribution in [3.05, 3.63) is 53.3 Å². The van der Waals surface area contributed by atoms with Crippen LogP contribution in [-0.4, -0.2) is 12.1 Å². The van der Waals surface area contributed by atoms with Gasteiger partial charge in [-0.15, -0.1) is 0 Å². The van der Waals surface area contributed by atoms with Crippen LogP contribution < -0.4 is 15.2 Å². The third-order valence-electron chi connectivity index (χ3n) is 2.76. The summed E-state index contributed by atoms with van der Waals surface area (Å²) in [5.41, 5.74) is 8.39. The molecule has 1 heterocycles. The summed E-state index contributed by atoms with van der Waals surface area (Å²) in [6.45, 7) is 2.89. The summed E-state index contributed by atoms with van der Waals surface area (Å²) in [4.78, 5) is 4.41. The molecule has 4 heteroatoms. The standard InChI is InChI=1S/C15H18N2O2/c1-11-7-15(18-2)8-13(17-11)10-19-14-5-3-12(9-16)4-6-14/h3-8H,9-10,16H2,1-2H3. The fourth-order valence-electron chi connectivity index (χ4n) is 1.77. The maximum Gasteiger partial charge on any atom is 0.130 e. The molecule has 0 aliphatic carbocycles. The van der Waals surface area contributed by atoms with E-state index < -0.39 is 0 Å². The number of rotatable bonds is 5. The van der Waals surface area contributed by atoms with Gasteiger partial charge in [0.25, 0.3) is 0 Å². The average Bonchev–Trinajstić information content (AvgIpc) is 2.45. The van der Waals surface area contributed by atoms with E-state index >= 15 is 0 Å². The molecule has 1 aromatic carbocycles. The first-order valence-corrected chi connectivity index (χ1v) is 6.14. The third kappa shape index (κ3) is 3.69. The lowest BCUT2D eigenvalue weighted by Gasteiger charge is -2.08. The molecule has 0 atom stereocenters. The van der Waals surface area contributed by atoms with Crippen LogP contribution in [0.25, 0.3) is 0 Å². The van der Waals surface area contributed by atoms with Crippen molar-refractivity contribution in [2.24, 2.45) is 5.73 Å². The van der Waals surface area contributed by atoms with Gasteiger partial charge in [-0.25, -0.2) is 0 Å². The van der Waals surface area contributed by atoms with Crippen molar-refractivity contribution in [2.75, 3.05) is 7.11 Å². The number of aromatic nitrogens is 1. The van der Waals surface area contributed by atoms with E-state index in [4.69, 9.17) is 15.2 Å². The van der Waals surface area contributed by atoms with Gasteiger partial charge in [-0.1, -0.05) is 12.1 Å². The number of hydrogen-bond acceptors (Lipinski definition) is 4. The molecule has 0 fully saturated rings. The molecule has 0 spiro atoms. The fraction of sp³-hybridized carbons (Fsp3) is 0.267. The Bertz CT molecular complexity index is 538. The molecule has 0 aliphatic rings. The summed E-state index contributed by atoms with van der Waals surface area (Å²) >= 11 is 0. The minimum atomic E-state index is 0.417. The zero-order valence-corrected chi connectivity index (χ0v) is 11.2. The molecule has 100 valence electrons. The summed E-state index contributed by atoms with van der Waals surface area (Å²) in [6, 6.07) is 11.5. The molecule has 2 N–H and O–H groups in total. The van der Waals surface area contributed by atoms with Crippen LogP contribution in [0.4, 0.5) is 0 Å². The van der Waals surface area contributed by atoms with Gasteiger partial charge in [-0.3, -0.25) is 4.98 Å². The molecule has 0 amide bonds. The Morgan fingerprint density at radius 1 is 1.11 bits per heavy atom. The maximum absolute atomic E-state index is 5.69. The lowest BCUT2D eigenvalue weighted by molar-refractivity contribution is 0.299. The number of pyridine rings is 1. The quantitative estimate of drug-likeness (QED) is 0.895. The Hall–Kier alpha value is -2.07. The second kappa shape index (κ2) is 6.20. The number of benzene rings is 1. The lowest BCUT2D eigenvalue weighted by Crippen LogP contribution is -2.01. The molecule has 2 aromatic rings. The van der Waals surface area contributed by atoms with Gasteiger partial charge in [0, 0.05) is 24.4 Å². The highest BCUT2D eigenvalue weighted by molar-refractivity contribution is 5.29. The van der Waals surface area contributed by atoms with E-state index in [1.54, 1.807) is 7.11 Å². The number of hydrogen-bond donors (Lipinski definition) is 1. The van der Waals surface area contributed by atoms with Gasteiger partial charge in [0.1, 0.15) is 18.1 Å². The minimum absolute atomic E-state index is 0.417. The van der Waals surface area contributed by atoms with Gasteiger partial charge in [0.15, 0.2) is 0 Å². The summed E-state index contributed by atoms with van der Waals surface area (Å²) < 4.78 is 10.9. The molecule has 0 bridgehead atoms. The maximum atomic E-state index is 5.69. The smallest absolute Gasteiger partial charge is 0.130 e. The van der Waals surface area contributed by atoms with E-state index in [1.165, 1.54) is 0 Å².